The first-order chi connectivity index (χ1) is 14.9. The average molecular weight is 459 g/mol. The molecule has 0 bridgehead atoms. The molecule has 3 rings (SSSR count). The molecule has 168 valence electrons. The highest BCUT2D eigenvalue weighted by molar-refractivity contribution is 7.98. The van der Waals surface area contributed by atoms with Crippen LogP contribution in [0.25, 0.3) is 0 Å². The highest BCUT2D eigenvalue weighted by atomic mass is 32.2. The van der Waals surface area contributed by atoms with Gasteiger partial charge in [0.25, 0.3) is 0 Å². The minimum Gasteiger partial charge on any atom is -0.491 e. The first kappa shape index (κ1) is 24.0. The van der Waals surface area contributed by atoms with Crippen LogP contribution in [0.2, 0.25) is 0 Å². The number of ether oxygens (including phenoxy) is 1. The summed E-state index contributed by atoms with van der Waals surface area (Å²) in [6.07, 6.45) is 6.64. The van der Waals surface area contributed by atoms with Crippen LogP contribution in [0.4, 0.5) is 11.4 Å². The lowest BCUT2D eigenvalue weighted by Crippen LogP contribution is -2.35. The third-order valence-electron chi connectivity index (χ3n) is 5.56. The largest absolute Gasteiger partial charge is 0.491 e. The Balaban J connectivity index is 2.02. The van der Waals surface area contributed by atoms with E-state index in [0.29, 0.717) is 12.6 Å². The summed E-state index contributed by atoms with van der Waals surface area (Å²) < 4.78 is 8.55. The van der Waals surface area contributed by atoms with Crippen molar-refractivity contribution in [3.63, 3.8) is 0 Å². The van der Waals surface area contributed by atoms with Gasteiger partial charge in [-0.3, -0.25) is 0 Å². The van der Waals surface area contributed by atoms with Gasteiger partial charge in [0.1, 0.15) is 12.0 Å². The van der Waals surface area contributed by atoms with Crippen molar-refractivity contribution in [2.75, 3.05) is 31.4 Å². The maximum atomic E-state index is 11.3. The van der Waals surface area contributed by atoms with Gasteiger partial charge in [0, 0.05) is 18.3 Å². The molecule has 31 heavy (non-hydrogen) atoms. The number of likely N-dealkylation sites (N-methyl/N-ethyl adjacent to an activating group) is 1. The van der Waals surface area contributed by atoms with Crippen LogP contribution < -0.4 is 9.64 Å². The van der Waals surface area contributed by atoms with Crippen molar-refractivity contribution in [2.45, 2.75) is 55.9 Å². The van der Waals surface area contributed by atoms with E-state index < -0.39 is 5.41 Å². The summed E-state index contributed by atoms with van der Waals surface area (Å²) in [5, 5.41) is 0. The van der Waals surface area contributed by atoms with Gasteiger partial charge < -0.3 is 14.4 Å². The lowest BCUT2D eigenvalue weighted by atomic mass is 9.98. The number of para-hydroxylation sites is 1. The molecular weight excluding hydrogens is 424 g/mol. The first-order valence-electron chi connectivity index (χ1n) is 10.9. The molecule has 1 aliphatic rings. The van der Waals surface area contributed by atoms with Gasteiger partial charge in [-0.25, -0.2) is 4.31 Å². The molecule has 0 N–H and O–H groups in total. The third-order valence-corrected chi connectivity index (χ3v) is 7.43. The Morgan fingerprint density at radius 3 is 2.65 bits per heavy atom. The molecule has 0 saturated heterocycles. The molecule has 0 spiro atoms. The number of hydrogen-bond donors (Lipinski definition) is 0. The minimum atomic E-state index is -0.506. The predicted octanol–water partition coefficient (Wildman–Crippen LogP) is 6.66. The number of anilines is 2. The van der Waals surface area contributed by atoms with E-state index in [1.165, 1.54) is 35.5 Å². The van der Waals surface area contributed by atoms with E-state index in [0.717, 1.165) is 23.5 Å². The number of fused-ring (bicyclic) bond motifs is 1. The molecule has 1 heterocycles. The number of benzene rings is 2. The normalized spacial score (nSPS) is 17.2. The second-order valence-electron chi connectivity index (χ2n) is 8.75. The van der Waals surface area contributed by atoms with Crippen LogP contribution >= 0.6 is 23.7 Å². The van der Waals surface area contributed by atoms with Gasteiger partial charge in [-0.05, 0) is 69.8 Å². The Bertz CT molecular complexity index is 873. The fourth-order valence-electron chi connectivity index (χ4n) is 3.60. The highest BCUT2D eigenvalue weighted by Crippen LogP contribution is 2.46. The molecule has 0 amide bonds. The number of aldehydes is 1. The molecule has 0 radical (unpaired) electrons. The van der Waals surface area contributed by atoms with E-state index in [-0.39, 0.29) is 0 Å². The van der Waals surface area contributed by atoms with E-state index >= 15 is 0 Å². The Kier molecular flexibility index (Phi) is 8.36. The quantitative estimate of drug-likeness (QED) is 0.237. The number of carbonyl (C=O) groups excluding carboxylic acids is 1. The monoisotopic (exact) mass is 458 g/mol. The number of hydrogen-bond acceptors (Lipinski definition) is 6. The predicted molar refractivity (Wildman–Crippen MR) is 134 cm³/mol. The zero-order valence-electron chi connectivity index (χ0n) is 19.3. The van der Waals surface area contributed by atoms with Crippen LogP contribution in [-0.4, -0.2) is 43.1 Å². The number of carbonyl (C=O) groups is 1. The molecule has 0 saturated carbocycles. The SMILES string of the molecule is CCCCC1CN(c2ccccc2)c2cc(SC)c(OCC(C)(C)C=O)cc2SN1C. The fraction of sp³-hybridized carbons (Fsp3) is 0.480. The summed E-state index contributed by atoms with van der Waals surface area (Å²) in [6, 6.07) is 15.5. The van der Waals surface area contributed by atoms with Gasteiger partial charge in [-0.1, -0.05) is 38.0 Å². The molecule has 2 aromatic carbocycles. The van der Waals surface area contributed by atoms with Crippen LogP contribution in [0.1, 0.15) is 40.0 Å². The molecule has 1 atom stereocenters. The Morgan fingerprint density at radius 2 is 2.00 bits per heavy atom. The Morgan fingerprint density at radius 1 is 1.26 bits per heavy atom. The van der Waals surface area contributed by atoms with E-state index in [2.05, 4.69) is 71.9 Å². The topological polar surface area (TPSA) is 32.8 Å². The van der Waals surface area contributed by atoms with Gasteiger partial charge >= 0.3 is 0 Å². The van der Waals surface area contributed by atoms with E-state index in [1.807, 2.05) is 13.8 Å². The molecule has 0 aliphatic carbocycles. The highest BCUT2D eigenvalue weighted by Gasteiger charge is 2.29. The van der Waals surface area contributed by atoms with Crippen LogP contribution in [-0.2, 0) is 4.79 Å². The minimum absolute atomic E-state index is 0.366. The zero-order valence-corrected chi connectivity index (χ0v) is 20.9. The van der Waals surface area contributed by atoms with Crippen molar-refractivity contribution in [1.29, 1.82) is 0 Å². The van der Waals surface area contributed by atoms with E-state index in [1.54, 1.807) is 23.7 Å². The average Bonchev–Trinajstić information content (AvgIpc) is 2.91. The molecule has 1 aliphatic heterocycles. The van der Waals surface area contributed by atoms with Crippen molar-refractivity contribution in [2.24, 2.45) is 5.41 Å². The van der Waals surface area contributed by atoms with Crippen molar-refractivity contribution in [3.05, 3.63) is 42.5 Å². The van der Waals surface area contributed by atoms with Crippen molar-refractivity contribution in [3.8, 4) is 5.75 Å². The van der Waals surface area contributed by atoms with E-state index in [9.17, 15) is 4.79 Å². The van der Waals surface area contributed by atoms with Gasteiger partial charge in [-0.15, -0.1) is 11.8 Å². The number of thioether (sulfide) groups is 1. The van der Waals surface area contributed by atoms with Crippen LogP contribution in [0.15, 0.2) is 52.3 Å². The summed E-state index contributed by atoms with van der Waals surface area (Å²) in [5.41, 5.74) is 1.92. The smallest absolute Gasteiger partial charge is 0.134 e. The second-order valence-corrected chi connectivity index (χ2v) is 10.8. The number of nitrogens with zero attached hydrogens (tertiary/aromatic N) is 2. The summed E-state index contributed by atoms with van der Waals surface area (Å²) in [7, 11) is 2.20. The number of unbranched alkanes of at least 4 members (excludes halogenated alkanes) is 1. The summed E-state index contributed by atoms with van der Waals surface area (Å²) >= 11 is 3.48. The lowest BCUT2D eigenvalue weighted by molar-refractivity contribution is -0.116. The fourth-order valence-corrected chi connectivity index (χ4v) is 5.21. The molecular formula is C25H34N2O2S2. The Hall–Kier alpha value is -1.63. The molecule has 2 aromatic rings. The zero-order chi connectivity index (χ0) is 22.4. The second kappa shape index (κ2) is 10.8. The van der Waals surface area contributed by atoms with Gasteiger partial charge in [0.15, 0.2) is 0 Å². The molecule has 0 fully saturated rings. The molecule has 0 aromatic heterocycles. The third kappa shape index (κ3) is 5.99. The summed E-state index contributed by atoms with van der Waals surface area (Å²) in [5.74, 6) is 0.849. The maximum Gasteiger partial charge on any atom is 0.134 e. The maximum absolute atomic E-state index is 11.3. The number of rotatable bonds is 9. The summed E-state index contributed by atoms with van der Waals surface area (Å²) in [6.45, 7) is 7.38. The van der Waals surface area contributed by atoms with Crippen molar-refractivity contribution < 1.29 is 9.53 Å². The van der Waals surface area contributed by atoms with Crippen LogP contribution in [0, 0.1) is 5.41 Å². The molecule has 6 heteroatoms. The van der Waals surface area contributed by atoms with E-state index in [4.69, 9.17) is 4.74 Å². The van der Waals surface area contributed by atoms with Crippen molar-refractivity contribution in [1.82, 2.24) is 4.31 Å². The van der Waals surface area contributed by atoms with Gasteiger partial charge in [0.05, 0.1) is 27.5 Å². The summed E-state index contributed by atoms with van der Waals surface area (Å²) in [4.78, 5) is 16.1. The molecule has 4 nitrogen and oxygen atoms in total. The van der Waals surface area contributed by atoms with Crippen LogP contribution in [0.5, 0.6) is 5.75 Å². The van der Waals surface area contributed by atoms with Gasteiger partial charge in [0.2, 0.25) is 0 Å². The standard InChI is InChI=1S/C25H34N2O2S2/c1-6-7-11-20-16-27(19-12-9-8-10-13-19)21-14-24(30-5)22(15-23(21)31-26(20)4)29-18-25(2,3)17-28/h8-10,12-15,17,20H,6-7,11,16,18H2,1-5H3. The van der Waals surface area contributed by atoms with Crippen molar-refractivity contribution >= 4 is 41.4 Å². The molecule has 1 unspecified atom stereocenters. The van der Waals surface area contributed by atoms with Crippen LogP contribution in [0.3, 0.4) is 0 Å². The van der Waals surface area contributed by atoms with Gasteiger partial charge in [-0.2, -0.15) is 0 Å². The Labute approximate surface area is 195 Å². The lowest BCUT2D eigenvalue weighted by Gasteiger charge is -2.30. The first-order valence-corrected chi connectivity index (χ1v) is 12.9.